The minimum atomic E-state index is -1.90. The largest absolute Gasteiger partial charge is 0.479 e. The minimum Gasteiger partial charge on any atom is -0.479 e. The van der Waals surface area contributed by atoms with Gasteiger partial charge in [-0.2, -0.15) is 0 Å². The Bertz CT molecular complexity index is 1460. The van der Waals surface area contributed by atoms with Gasteiger partial charge in [0.2, 0.25) is 0 Å². The third kappa shape index (κ3) is 39.7. The fraction of sp³-hybridized carbons (Fsp3) is 0.803. The normalized spacial score (nSPS) is 18.6. The van der Waals surface area contributed by atoms with Gasteiger partial charge in [-0.15, -0.1) is 0 Å². The van der Waals surface area contributed by atoms with Crippen LogP contribution in [0.5, 0.6) is 0 Å². The number of carbonyl (C=O) groups is 4. The number of aliphatic carboxylic acids is 1. The van der Waals surface area contributed by atoms with Crippen molar-refractivity contribution in [1.82, 2.24) is 0 Å². The Balaban J connectivity index is 2.67. The molecule has 12 heteroatoms. The van der Waals surface area contributed by atoms with Gasteiger partial charge in [-0.3, -0.25) is 14.4 Å². The Kier molecular flexibility index (Phi) is 45.9. The second-order valence-electron chi connectivity index (χ2n) is 20.3. The molecule has 0 bridgehead atoms. The molecule has 6 atom stereocenters. The van der Waals surface area contributed by atoms with Gasteiger partial charge in [0.05, 0.1) is 6.61 Å². The number of carboxylic acid groups (broad SMARTS) is 1. The van der Waals surface area contributed by atoms with Crippen molar-refractivity contribution in [3.8, 4) is 0 Å². The number of hydrogen-bond donors (Lipinski definition) is 3. The van der Waals surface area contributed by atoms with Crippen LogP contribution in [0, 0.1) is 0 Å². The van der Waals surface area contributed by atoms with Gasteiger partial charge in [-0.05, 0) is 57.8 Å². The molecule has 1 aliphatic heterocycles. The molecule has 1 saturated heterocycles. The number of unbranched alkanes of at least 4 members (excludes halogenated alkanes) is 28. The molecule has 0 spiro atoms. The second kappa shape index (κ2) is 49.6. The minimum absolute atomic E-state index is 0.0630. The van der Waals surface area contributed by atoms with Crippen LogP contribution < -0.4 is 0 Å². The third-order valence-corrected chi connectivity index (χ3v) is 13.4. The number of aliphatic hydroxyl groups excluding tert-OH is 2. The molecule has 0 aromatic rings. The number of rotatable bonds is 50. The summed E-state index contributed by atoms with van der Waals surface area (Å²) >= 11 is 0. The average molecular weight is 1030 g/mol. The quantitative estimate of drug-likeness (QED) is 0.0228. The first kappa shape index (κ1) is 67.7. The number of carboxylic acids is 1. The highest BCUT2D eigenvalue weighted by Gasteiger charge is 2.50. The number of esters is 3. The van der Waals surface area contributed by atoms with Gasteiger partial charge in [0.1, 0.15) is 18.8 Å². The van der Waals surface area contributed by atoms with Gasteiger partial charge in [0.25, 0.3) is 0 Å². The lowest BCUT2D eigenvalue weighted by atomic mass is 9.98. The van der Waals surface area contributed by atoms with E-state index in [0.717, 1.165) is 109 Å². The molecule has 422 valence electrons. The van der Waals surface area contributed by atoms with Crippen LogP contribution in [0.25, 0.3) is 0 Å². The van der Waals surface area contributed by atoms with E-state index in [-0.39, 0.29) is 25.9 Å². The summed E-state index contributed by atoms with van der Waals surface area (Å²) in [5, 5.41) is 31.4. The smallest absolute Gasteiger partial charge is 0.335 e. The summed E-state index contributed by atoms with van der Waals surface area (Å²) in [4.78, 5) is 51.0. The third-order valence-electron chi connectivity index (χ3n) is 13.4. The molecule has 0 aromatic heterocycles. The topological polar surface area (TPSA) is 175 Å². The maximum Gasteiger partial charge on any atom is 0.335 e. The highest BCUT2D eigenvalue weighted by atomic mass is 16.7. The van der Waals surface area contributed by atoms with E-state index in [2.05, 4.69) is 69.4 Å². The van der Waals surface area contributed by atoms with E-state index in [1.165, 1.54) is 96.3 Å². The summed E-state index contributed by atoms with van der Waals surface area (Å²) in [6, 6.07) is 0. The lowest BCUT2D eigenvalue weighted by Crippen LogP contribution is -2.61. The molecule has 0 aliphatic carbocycles. The van der Waals surface area contributed by atoms with Crippen LogP contribution >= 0.6 is 0 Å². The molecule has 3 N–H and O–H groups in total. The van der Waals surface area contributed by atoms with Crippen LogP contribution in [0.3, 0.4) is 0 Å². The van der Waals surface area contributed by atoms with E-state index in [1.54, 1.807) is 0 Å². The lowest BCUT2D eigenvalue weighted by Gasteiger charge is -2.40. The van der Waals surface area contributed by atoms with E-state index >= 15 is 0 Å². The van der Waals surface area contributed by atoms with Gasteiger partial charge >= 0.3 is 23.9 Å². The number of aliphatic hydroxyl groups is 2. The van der Waals surface area contributed by atoms with Gasteiger partial charge in [-0.1, -0.05) is 236 Å². The summed E-state index contributed by atoms with van der Waals surface area (Å²) in [5.41, 5.74) is 0. The predicted octanol–water partition coefficient (Wildman–Crippen LogP) is 15.0. The second-order valence-corrected chi connectivity index (χ2v) is 20.3. The first-order valence-corrected chi connectivity index (χ1v) is 29.6. The van der Waals surface area contributed by atoms with Gasteiger partial charge in [0, 0.05) is 19.3 Å². The Morgan fingerprint density at radius 3 is 1.32 bits per heavy atom. The number of carbonyl (C=O) groups excluding carboxylic acids is 3. The Morgan fingerprint density at radius 2 is 0.863 bits per heavy atom. The number of hydrogen-bond acceptors (Lipinski definition) is 11. The monoisotopic (exact) mass is 1030 g/mol. The van der Waals surface area contributed by atoms with Crippen molar-refractivity contribution in [1.29, 1.82) is 0 Å². The SMILES string of the molecule is CC/C=C\C/C=C\C/C=C\C/C=C\CCCCCCCCC(=O)OCC(COC1OC(C(=O)O)C(O)C(O)C1OC(=O)CCCCCCCCCCCCC)OC(=O)CCCCCCCCCCCCCCC. The van der Waals surface area contributed by atoms with Crippen LogP contribution in [-0.4, -0.2) is 89.2 Å². The molecule has 1 aliphatic rings. The zero-order valence-corrected chi connectivity index (χ0v) is 46.4. The lowest BCUT2D eigenvalue weighted by molar-refractivity contribution is -0.301. The van der Waals surface area contributed by atoms with Crippen LogP contribution in [0.1, 0.15) is 265 Å². The van der Waals surface area contributed by atoms with Crippen molar-refractivity contribution >= 4 is 23.9 Å². The van der Waals surface area contributed by atoms with Crippen molar-refractivity contribution in [3.63, 3.8) is 0 Å². The summed E-state index contributed by atoms with van der Waals surface area (Å²) in [6.07, 6.45) is 46.6. The number of allylic oxidation sites excluding steroid dienone is 8. The first-order chi connectivity index (χ1) is 35.6. The zero-order valence-electron chi connectivity index (χ0n) is 46.4. The zero-order chi connectivity index (χ0) is 53.3. The molecule has 1 heterocycles. The molecule has 1 fully saturated rings. The maximum atomic E-state index is 13.1. The van der Waals surface area contributed by atoms with E-state index in [9.17, 15) is 34.5 Å². The fourth-order valence-electron chi connectivity index (χ4n) is 8.89. The van der Waals surface area contributed by atoms with Gasteiger partial charge < -0.3 is 39.0 Å². The average Bonchev–Trinajstić information content (AvgIpc) is 3.37. The van der Waals surface area contributed by atoms with Crippen molar-refractivity contribution in [2.24, 2.45) is 0 Å². The predicted molar refractivity (Wildman–Crippen MR) is 294 cm³/mol. The van der Waals surface area contributed by atoms with E-state index < -0.39 is 67.3 Å². The molecular formula is C61H106O12. The van der Waals surface area contributed by atoms with E-state index in [1.807, 2.05) is 0 Å². The van der Waals surface area contributed by atoms with Gasteiger partial charge in [0.15, 0.2) is 24.6 Å². The van der Waals surface area contributed by atoms with E-state index in [0.29, 0.717) is 19.3 Å². The Hall–Kier alpha value is -3.32. The van der Waals surface area contributed by atoms with Crippen molar-refractivity contribution in [2.45, 2.75) is 302 Å². The van der Waals surface area contributed by atoms with Crippen molar-refractivity contribution in [2.75, 3.05) is 13.2 Å². The summed E-state index contributed by atoms with van der Waals surface area (Å²) < 4.78 is 28.4. The van der Waals surface area contributed by atoms with Crippen LogP contribution in [-0.2, 0) is 42.9 Å². The molecule has 73 heavy (non-hydrogen) atoms. The van der Waals surface area contributed by atoms with Crippen LogP contribution in [0.15, 0.2) is 48.6 Å². The van der Waals surface area contributed by atoms with Gasteiger partial charge in [-0.25, -0.2) is 4.79 Å². The molecule has 1 rings (SSSR count). The van der Waals surface area contributed by atoms with E-state index in [4.69, 9.17) is 23.7 Å². The fourth-order valence-corrected chi connectivity index (χ4v) is 8.89. The standard InChI is InChI=1S/C61H106O12/c1-4-7-10-13-16-19-22-24-25-26-27-28-29-31-33-35-38-41-44-47-53(62)69-50-52(71-54(63)48-45-42-39-37-34-30-23-20-17-14-11-8-5-2)51-70-61-59(57(66)56(65)58(73-61)60(67)68)72-55(64)49-46-43-40-36-32-21-18-15-12-9-6-3/h7,10,16,19,24-25,27-28,52,56-59,61,65-66H,4-6,8-9,11-15,17-18,20-23,26,29-51H2,1-3H3,(H,67,68)/b10-7-,19-16-,25-24-,28-27-. The first-order valence-electron chi connectivity index (χ1n) is 29.6. The molecule has 0 saturated carbocycles. The van der Waals surface area contributed by atoms with Crippen molar-refractivity contribution < 1.29 is 58.2 Å². The molecular weight excluding hydrogens is 925 g/mol. The Labute approximate surface area is 443 Å². The molecule has 12 nitrogen and oxygen atoms in total. The number of ether oxygens (including phenoxy) is 5. The van der Waals surface area contributed by atoms with Crippen LogP contribution in [0.2, 0.25) is 0 Å². The van der Waals surface area contributed by atoms with Crippen molar-refractivity contribution in [3.05, 3.63) is 48.6 Å². The molecule has 0 radical (unpaired) electrons. The highest BCUT2D eigenvalue weighted by Crippen LogP contribution is 2.26. The summed E-state index contributed by atoms with van der Waals surface area (Å²) in [6.45, 7) is 5.86. The molecule has 6 unspecified atom stereocenters. The maximum absolute atomic E-state index is 13.1. The Morgan fingerprint density at radius 1 is 0.466 bits per heavy atom. The van der Waals surface area contributed by atoms with Crippen LogP contribution in [0.4, 0.5) is 0 Å². The molecule has 0 aromatic carbocycles. The highest BCUT2D eigenvalue weighted by molar-refractivity contribution is 5.74. The summed E-state index contributed by atoms with van der Waals surface area (Å²) in [7, 11) is 0. The molecule has 0 amide bonds. The summed E-state index contributed by atoms with van der Waals surface area (Å²) in [5.74, 6) is -3.12.